The van der Waals surface area contributed by atoms with E-state index in [2.05, 4.69) is 5.32 Å². The van der Waals surface area contributed by atoms with Crippen LogP contribution in [-0.4, -0.2) is 86.8 Å². The number of aliphatic hydroxyl groups excluding tert-OH is 1. The molecule has 3 amide bonds. The number of carboxylic acid groups (broad SMARTS) is 3. The molecular formula is C15H24N4O10. The van der Waals surface area contributed by atoms with Crippen LogP contribution in [0.4, 0.5) is 0 Å². The maximum Gasteiger partial charge on any atom is 0.328 e. The molecule has 0 radical (unpaired) electrons. The zero-order chi connectivity index (χ0) is 22.7. The number of amides is 3. The van der Waals surface area contributed by atoms with Gasteiger partial charge in [-0.3, -0.25) is 24.0 Å². The average Bonchev–Trinajstić information content (AvgIpc) is 2.60. The number of carboxylic acids is 3. The van der Waals surface area contributed by atoms with Crippen LogP contribution in [0, 0.1) is 0 Å². The van der Waals surface area contributed by atoms with Crippen molar-refractivity contribution in [2.24, 2.45) is 5.73 Å². The number of aliphatic hydroxyl groups is 1. The minimum atomic E-state index is -1.77. The van der Waals surface area contributed by atoms with E-state index < -0.39 is 79.2 Å². The van der Waals surface area contributed by atoms with E-state index in [0.29, 0.717) is 0 Å². The summed E-state index contributed by atoms with van der Waals surface area (Å²) in [7, 11) is 0. The Morgan fingerprint density at radius 3 is 1.83 bits per heavy atom. The first-order chi connectivity index (χ1) is 13.4. The molecule has 0 aromatic heterocycles. The van der Waals surface area contributed by atoms with Crippen LogP contribution in [0.15, 0.2) is 0 Å². The topological polar surface area (TPSA) is 245 Å². The van der Waals surface area contributed by atoms with Crippen LogP contribution in [-0.2, 0) is 28.8 Å². The van der Waals surface area contributed by atoms with Gasteiger partial charge in [-0.05, 0) is 13.3 Å². The number of aliphatic carboxylic acids is 3. The lowest BCUT2D eigenvalue weighted by Crippen LogP contribution is -2.58. The smallest absolute Gasteiger partial charge is 0.328 e. The summed E-state index contributed by atoms with van der Waals surface area (Å²) in [5.74, 6) is -7.46. The van der Waals surface area contributed by atoms with Gasteiger partial charge in [-0.2, -0.15) is 0 Å². The predicted octanol–water partition coefficient (Wildman–Crippen LogP) is -3.80. The number of carbonyl (C=O) groups is 6. The van der Waals surface area contributed by atoms with Crippen LogP contribution in [0.3, 0.4) is 0 Å². The van der Waals surface area contributed by atoms with Gasteiger partial charge in [0.05, 0.1) is 19.1 Å². The molecule has 0 fully saturated rings. The van der Waals surface area contributed by atoms with Gasteiger partial charge >= 0.3 is 17.9 Å². The van der Waals surface area contributed by atoms with Crippen molar-refractivity contribution in [2.45, 2.75) is 50.4 Å². The summed E-state index contributed by atoms with van der Waals surface area (Å²) >= 11 is 0. The Bertz CT molecular complexity index is 651. The predicted molar refractivity (Wildman–Crippen MR) is 93.3 cm³/mol. The van der Waals surface area contributed by atoms with Crippen molar-refractivity contribution >= 4 is 35.6 Å². The molecular weight excluding hydrogens is 396 g/mol. The zero-order valence-corrected chi connectivity index (χ0v) is 15.5. The Morgan fingerprint density at radius 1 is 0.862 bits per heavy atom. The van der Waals surface area contributed by atoms with E-state index in [-0.39, 0.29) is 6.42 Å². The molecule has 14 nitrogen and oxygen atoms in total. The highest BCUT2D eigenvalue weighted by atomic mass is 16.4. The Kier molecular flexibility index (Phi) is 10.9. The monoisotopic (exact) mass is 420 g/mol. The molecule has 4 atom stereocenters. The third-order valence-electron chi connectivity index (χ3n) is 3.54. The van der Waals surface area contributed by atoms with Crippen LogP contribution in [0.25, 0.3) is 0 Å². The fourth-order valence-electron chi connectivity index (χ4n) is 2.09. The maximum atomic E-state index is 12.4. The fraction of sp³-hybridized carbons (Fsp3) is 0.600. The molecule has 0 saturated carbocycles. The molecule has 0 bridgehead atoms. The Hall–Kier alpha value is -3.26. The van der Waals surface area contributed by atoms with Gasteiger partial charge in [-0.25, -0.2) is 4.79 Å². The van der Waals surface area contributed by atoms with E-state index in [1.54, 1.807) is 0 Å². The van der Waals surface area contributed by atoms with Crippen LogP contribution >= 0.6 is 0 Å². The third-order valence-corrected chi connectivity index (χ3v) is 3.54. The van der Waals surface area contributed by atoms with Crippen LogP contribution in [0.1, 0.15) is 26.2 Å². The number of hydrogen-bond acceptors (Lipinski definition) is 8. The van der Waals surface area contributed by atoms with Crippen LogP contribution in [0.5, 0.6) is 0 Å². The highest BCUT2D eigenvalue weighted by molar-refractivity contribution is 5.95. The molecule has 0 aliphatic carbocycles. The summed E-state index contributed by atoms with van der Waals surface area (Å²) in [4.78, 5) is 68.8. The van der Waals surface area contributed by atoms with Gasteiger partial charge in [0.15, 0.2) is 6.04 Å². The molecule has 0 saturated heterocycles. The SMILES string of the molecule is CC(O)C(NC(=O)C(CC(=O)O)NC(=O)C(CCC(=O)O)NC(=O)CN)C(=O)O. The zero-order valence-electron chi connectivity index (χ0n) is 15.5. The molecule has 14 heteroatoms. The van der Waals surface area contributed by atoms with Gasteiger partial charge in [0, 0.05) is 6.42 Å². The van der Waals surface area contributed by atoms with Gasteiger partial charge in [0.1, 0.15) is 12.1 Å². The molecule has 9 N–H and O–H groups in total. The van der Waals surface area contributed by atoms with Crippen molar-refractivity contribution in [3.63, 3.8) is 0 Å². The maximum absolute atomic E-state index is 12.4. The van der Waals surface area contributed by atoms with E-state index in [0.717, 1.165) is 6.92 Å². The van der Waals surface area contributed by atoms with E-state index in [1.807, 2.05) is 10.6 Å². The lowest BCUT2D eigenvalue weighted by Gasteiger charge is -2.24. The highest BCUT2D eigenvalue weighted by Crippen LogP contribution is 2.03. The number of nitrogens with two attached hydrogens (primary N) is 1. The first-order valence-electron chi connectivity index (χ1n) is 8.33. The van der Waals surface area contributed by atoms with Gasteiger partial charge in [-0.1, -0.05) is 0 Å². The Balaban J connectivity index is 5.41. The van der Waals surface area contributed by atoms with E-state index in [4.69, 9.17) is 21.1 Å². The number of rotatable bonds is 13. The summed E-state index contributed by atoms with van der Waals surface area (Å²) in [6, 6.07) is -4.96. The molecule has 164 valence electrons. The summed E-state index contributed by atoms with van der Waals surface area (Å²) in [5.41, 5.74) is 5.12. The van der Waals surface area contributed by atoms with E-state index in [9.17, 15) is 33.9 Å². The summed E-state index contributed by atoms with van der Waals surface area (Å²) in [6.07, 6.45) is -3.37. The van der Waals surface area contributed by atoms with E-state index >= 15 is 0 Å². The molecule has 0 aromatic rings. The largest absolute Gasteiger partial charge is 0.481 e. The first kappa shape index (κ1) is 25.7. The number of nitrogens with one attached hydrogen (secondary N) is 3. The molecule has 0 spiro atoms. The van der Waals surface area contributed by atoms with Crippen molar-refractivity contribution < 1.29 is 49.2 Å². The Labute approximate surface area is 164 Å². The fourth-order valence-corrected chi connectivity index (χ4v) is 2.09. The second-order valence-corrected chi connectivity index (χ2v) is 5.98. The summed E-state index contributed by atoms with van der Waals surface area (Å²) < 4.78 is 0. The first-order valence-corrected chi connectivity index (χ1v) is 8.33. The highest BCUT2D eigenvalue weighted by Gasteiger charge is 2.32. The van der Waals surface area contributed by atoms with Gasteiger partial charge in [0.25, 0.3) is 0 Å². The molecule has 0 aromatic carbocycles. The molecule has 4 unspecified atom stereocenters. The second kappa shape index (κ2) is 12.2. The van der Waals surface area contributed by atoms with Gasteiger partial charge in [-0.15, -0.1) is 0 Å². The lowest BCUT2D eigenvalue weighted by atomic mass is 10.1. The number of carbonyl (C=O) groups excluding carboxylic acids is 3. The molecule has 0 heterocycles. The van der Waals surface area contributed by atoms with Gasteiger partial charge in [0.2, 0.25) is 17.7 Å². The third kappa shape index (κ3) is 10.0. The van der Waals surface area contributed by atoms with Crippen molar-refractivity contribution in [1.29, 1.82) is 0 Å². The summed E-state index contributed by atoms with van der Waals surface area (Å²) in [5, 5.41) is 42.1. The van der Waals surface area contributed by atoms with Crippen molar-refractivity contribution in [1.82, 2.24) is 16.0 Å². The molecule has 0 aliphatic heterocycles. The number of hydrogen-bond donors (Lipinski definition) is 8. The summed E-state index contributed by atoms with van der Waals surface area (Å²) in [6.45, 7) is 0.568. The average molecular weight is 420 g/mol. The van der Waals surface area contributed by atoms with Crippen LogP contribution in [0.2, 0.25) is 0 Å². The standard InChI is InChI=1S/C15H24N4O10/c1-6(20)12(15(28)29)19-14(27)8(4-11(24)25)18-13(26)7(2-3-10(22)23)17-9(21)5-16/h6-8,12,20H,2-5,16H2,1H3,(H,17,21)(H,18,26)(H,19,27)(H,22,23)(H,24,25)(H,28,29). The molecule has 0 rings (SSSR count). The lowest BCUT2D eigenvalue weighted by molar-refractivity contribution is -0.146. The minimum Gasteiger partial charge on any atom is -0.481 e. The van der Waals surface area contributed by atoms with Gasteiger partial charge < -0.3 is 42.1 Å². The van der Waals surface area contributed by atoms with Crippen molar-refractivity contribution in [3.8, 4) is 0 Å². The second-order valence-electron chi connectivity index (χ2n) is 5.98. The normalized spacial score (nSPS) is 14.6. The molecule has 29 heavy (non-hydrogen) atoms. The van der Waals surface area contributed by atoms with Crippen molar-refractivity contribution in [3.05, 3.63) is 0 Å². The minimum absolute atomic E-state index is 0.375. The van der Waals surface area contributed by atoms with E-state index in [1.165, 1.54) is 0 Å². The van der Waals surface area contributed by atoms with Crippen LogP contribution < -0.4 is 21.7 Å². The quantitative estimate of drug-likeness (QED) is 0.143. The van der Waals surface area contributed by atoms with Crippen molar-refractivity contribution in [2.75, 3.05) is 6.54 Å². The molecule has 0 aliphatic rings. The Morgan fingerprint density at radius 2 is 1.41 bits per heavy atom.